The van der Waals surface area contributed by atoms with E-state index in [9.17, 15) is 9.59 Å². The van der Waals surface area contributed by atoms with Crippen LogP contribution in [-0.2, 0) is 30.8 Å². The van der Waals surface area contributed by atoms with Gasteiger partial charge in [0.05, 0.1) is 5.56 Å². The molecule has 1 spiro atoms. The van der Waals surface area contributed by atoms with Crippen LogP contribution in [0.3, 0.4) is 0 Å². The molecule has 9 nitrogen and oxygen atoms in total. The van der Waals surface area contributed by atoms with Crippen LogP contribution in [0.1, 0.15) is 67.6 Å². The lowest BCUT2D eigenvalue weighted by atomic mass is 9.63. The molecule has 0 bridgehead atoms. The second-order valence-electron chi connectivity index (χ2n) is 14.0. The van der Waals surface area contributed by atoms with Crippen LogP contribution in [0.2, 0.25) is 0 Å². The van der Waals surface area contributed by atoms with E-state index in [0.29, 0.717) is 59.8 Å². The zero-order valence-electron chi connectivity index (χ0n) is 27.3. The highest BCUT2D eigenvalue weighted by Gasteiger charge is 2.72. The van der Waals surface area contributed by atoms with Crippen molar-refractivity contribution in [1.82, 2.24) is 10.1 Å². The fourth-order valence-corrected chi connectivity index (χ4v) is 8.64. The van der Waals surface area contributed by atoms with Gasteiger partial charge in [-0.25, -0.2) is 0 Å². The van der Waals surface area contributed by atoms with Crippen molar-refractivity contribution in [2.24, 2.45) is 11.8 Å². The lowest BCUT2D eigenvalue weighted by Gasteiger charge is -2.41. The van der Waals surface area contributed by atoms with Gasteiger partial charge in [-0.15, -0.1) is 0 Å². The third-order valence-electron chi connectivity index (χ3n) is 11.0. The minimum Gasteiger partial charge on any atom is -0.488 e. The molecule has 3 aromatic carbocycles. The number of epoxide rings is 1. The Labute approximate surface area is 279 Å². The summed E-state index contributed by atoms with van der Waals surface area (Å²) in [5.74, 6) is 1.27. The maximum absolute atomic E-state index is 14.8. The van der Waals surface area contributed by atoms with E-state index in [2.05, 4.69) is 42.2 Å². The second-order valence-corrected chi connectivity index (χ2v) is 14.0. The highest BCUT2D eigenvalue weighted by atomic mass is 16.6. The predicted octanol–water partition coefficient (Wildman–Crippen LogP) is 6.11. The van der Waals surface area contributed by atoms with E-state index in [1.165, 1.54) is 5.56 Å². The minimum atomic E-state index is -1.17. The number of ether oxygens (including phenoxy) is 3. The van der Waals surface area contributed by atoms with Crippen LogP contribution in [0, 0.1) is 11.8 Å². The molecular formula is C39H37N3O6. The first-order chi connectivity index (χ1) is 23.3. The van der Waals surface area contributed by atoms with Crippen LogP contribution in [0.25, 0.3) is 0 Å². The standard InChI is InChI=1S/C39H37N3O6/c1-41(2)28-14-15-42(3)34-26(28)19-29(45-20-22-10-6-4-7-11-22)32-27(34)17-24-16-25-18-30-33(36(44)39(25)37(47-39)31(24)35(32)43)38(40-48-30)46-21-23-12-8-5-9-13-23/h4-13,19,24-25,28H,14-18,20-21H2,1-3H3/t24?,25-,28?,39+/m0/s1. The monoisotopic (exact) mass is 643 g/mol. The number of Topliss-reactive ketones (excluding diaryl/α,β-unsaturated/α-hetero) is 2. The van der Waals surface area contributed by atoms with E-state index in [0.717, 1.165) is 35.3 Å². The van der Waals surface area contributed by atoms with Gasteiger partial charge in [-0.1, -0.05) is 60.7 Å². The molecule has 0 radical (unpaired) electrons. The molecule has 9 heteroatoms. The predicted molar refractivity (Wildman–Crippen MR) is 177 cm³/mol. The molecule has 1 saturated heterocycles. The molecule has 3 aliphatic carbocycles. The average Bonchev–Trinajstić information content (AvgIpc) is 3.72. The summed E-state index contributed by atoms with van der Waals surface area (Å²) in [6.07, 6.45) is 2.80. The summed E-state index contributed by atoms with van der Waals surface area (Å²) < 4.78 is 24.6. The number of anilines is 1. The van der Waals surface area contributed by atoms with Gasteiger partial charge in [0.1, 0.15) is 24.5 Å². The molecule has 4 aromatic rings. The molecule has 5 aliphatic rings. The first-order valence-corrected chi connectivity index (χ1v) is 16.8. The first-order valence-electron chi connectivity index (χ1n) is 16.8. The van der Waals surface area contributed by atoms with Gasteiger partial charge in [0.2, 0.25) is 11.4 Å². The van der Waals surface area contributed by atoms with Crippen molar-refractivity contribution < 1.29 is 28.3 Å². The minimum absolute atomic E-state index is 0.0756. The average molecular weight is 644 g/mol. The Morgan fingerprint density at radius 2 is 1.67 bits per heavy atom. The van der Waals surface area contributed by atoms with Gasteiger partial charge < -0.3 is 28.5 Å². The van der Waals surface area contributed by atoms with Crippen LogP contribution in [-0.4, -0.2) is 54.9 Å². The van der Waals surface area contributed by atoms with Crippen LogP contribution in [0.5, 0.6) is 11.6 Å². The Balaban J connectivity index is 1.11. The Hall–Kier alpha value is -4.89. The van der Waals surface area contributed by atoms with Crippen LogP contribution in [0.15, 0.2) is 82.6 Å². The quantitative estimate of drug-likeness (QED) is 0.221. The maximum Gasteiger partial charge on any atom is 0.265 e. The summed E-state index contributed by atoms with van der Waals surface area (Å²) in [5, 5.41) is 4.16. The van der Waals surface area contributed by atoms with Gasteiger partial charge >= 0.3 is 0 Å². The third-order valence-corrected chi connectivity index (χ3v) is 11.0. The summed E-state index contributed by atoms with van der Waals surface area (Å²) in [6.45, 7) is 1.50. The Bertz CT molecular complexity index is 2000. The molecule has 1 fully saturated rings. The van der Waals surface area contributed by atoms with E-state index in [1.54, 1.807) is 0 Å². The number of benzene rings is 3. The van der Waals surface area contributed by atoms with E-state index < -0.39 is 5.60 Å². The van der Waals surface area contributed by atoms with Crippen molar-refractivity contribution in [2.75, 3.05) is 32.6 Å². The van der Waals surface area contributed by atoms with Crippen molar-refractivity contribution >= 4 is 17.3 Å². The number of hydrogen-bond donors (Lipinski definition) is 0. The van der Waals surface area contributed by atoms with Gasteiger partial charge in [0.15, 0.2) is 17.3 Å². The van der Waals surface area contributed by atoms with Crippen molar-refractivity contribution in [3.8, 4) is 11.6 Å². The number of allylic oxidation sites excluding steroid dienone is 1. The summed E-state index contributed by atoms with van der Waals surface area (Å²) in [6, 6.07) is 22.0. The fraction of sp³-hybridized carbons (Fsp3) is 0.359. The summed E-state index contributed by atoms with van der Waals surface area (Å²) >= 11 is 0. The number of fused-ring (bicyclic) bond motifs is 5. The fourth-order valence-electron chi connectivity index (χ4n) is 8.64. The molecule has 3 heterocycles. The molecule has 0 amide bonds. The zero-order valence-corrected chi connectivity index (χ0v) is 27.3. The molecule has 0 saturated carbocycles. The molecule has 9 rings (SSSR count). The molecule has 0 N–H and O–H groups in total. The Morgan fingerprint density at radius 1 is 0.958 bits per heavy atom. The molecule has 4 atom stereocenters. The van der Waals surface area contributed by atoms with Crippen LogP contribution in [0.4, 0.5) is 5.69 Å². The number of rotatable bonds is 7. The topological polar surface area (TPSA) is 97.6 Å². The molecule has 2 aliphatic heterocycles. The number of carbonyl (C=O) groups excluding carboxylic acids is 2. The van der Waals surface area contributed by atoms with Crippen molar-refractivity contribution in [2.45, 2.75) is 50.5 Å². The van der Waals surface area contributed by atoms with Crippen LogP contribution >= 0.6 is 0 Å². The van der Waals surface area contributed by atoms with Gasteiger partial charge in [0.25, 0.3) is 5.88 Å². The summed E-state index contributed by atoms with van der Waals surface area (Å²) in [5.41, 5.74) is 5.72. The van der Waals surface area contributed by atoms with E-state index in [4.69, 9.17) is 18.7 Å². The van der Waals surface area contributed by atoms with E-state index >= 15 is 0 Å². The second kappa shape index (κ2) is 10.8. The molecule has 1 aromatic heterocycles. The SMILES string of the molecule is CN1CCC(N(C)C)c2cc(OCc3ccccc3)c3c(c21)CC1C[C@H]2Cc4onc(OCc5ccccc5)c4C(=O)[C@]24OC4=C1C3=O. The lowest BCUT2D eigenvalue weighted by Crippen LogP contribution is -2.44. The number of carbonyl (C=O) groups is 2. The van der Waals surface area contributed by atoms with Crippen molar-refractivity contribution in [1.29, 1.82) is 0 Å². The van der Waals surface area contributed by atoms with Gasteiger partial charge in [-0.05, 0) is 72.8 Å². The zero-order chi connectivity index (χ0) is 32.7. The van der Waals surface area contributed by atoms with Crippen molar-refractivity contribution in [3.63, 3.8) is 0 Å². The van der Waals surface area contributed by atoms with E-state index in [-0.39, 0.29) is 41.9 Å². The number of aromatic nitrogens is 1. The van der Waals surface area contributed by atoms with Crippen LogP contribution < -0.4 is 14.4 Å². The largest absolute Gasteiger partial charge is 0.488 e. The highest BCUT2D eigenvalue weighted by Crippen LogP contribution is 2.63. The summed E-state index contributed by atoms with van der Waals surface area (Å²) in [4.78, 5) is 33.7. The summed E-state index contributed by atoms with van der Waals surface area (Å²) in [7, 11) is 6.34. The maximum atomic E-state index is 14.8. The highest BCUT2D eigenvalue weighted by molar-refractivity contribution is 6.18. The number of ketones is 2. The first kappa shape index (κ1) is 29.3. The smallest absolute Gasteiger partial charge is 0.265 e. The van der Waals surface area contributed by atoms with Gasteiger partial charge in [-0.2, -0.15) is 0 Å². The molecule has 244 valence electrons. The Kier molecular flexibility index (Phi) is 6.60. The molecular weight excluding hydrogens is 606 g/mol. The van der Waals surface area contributed by atoms with E-state index in [1.807, 2.05) is 60.7 Å². The lowest BCUT2D eigenvalue weighted by molar-refractivity contribution is 0.0735. The van der Waals surface area contributed by atoms with Gasteiger partial charge in [-0.3, -0.25) is 9.59 Å². The third kappa shape index (κ3) is 4.29. The number of hydrogen-bond acceptors (Lipinski definition) is 9. The Morgan fingerprint density at radius 3 is 2.38 bits per heavy atom. The normalized spacial score (nSPS) is 24.9. The van der Waals surface area contributed by atoms with Crippen molar-refractivity contribution in [3.05, 3.63) is 117 Å². The van der Waals surface area contributed by atoms with Gasteiger partial charge in [0, 0.05) is 43.2 Å². The molecule has 48 heavy (non-hydrogen) atoms. The molecule has 2 unspecified atom stereocenters. The number of nitrogens with zero attached hydrogens (tertiary/aromatic N) is 3.